The summed E-state index contributed by atoms with van der Waals surface area (Å²) < 4.78 is 0. The molecule has 1 unspecified atom stereocenters. The number of carbonyl (C=O) groups excluding carboxylic acids is 1. The SMILES string of the molecule is CC(C)(C)CCN1C(=O)C(N)=C(O)C1C1CCCCC1. The van der Waals surface area contributed by atoms with E-state index in [9.17, 15) is 9.90 Å². The van der Waals surface area contributed by atoms with Gasteiger partial charge in [0.15, 0.2) is 0 Å². The molecule has 0 aromatic carbocycles. The quantitative estimate of drug-likeness (QED) is 0.835. The summed E-state index contributed by atoms with van der Waals surface area (Å²) in [6.45, 7) is 7.17. The van der Waals surface area contributed by atoms with Crippen LogP contribution < -0.4 is 5.73 Å². The van der Waals surface area contributed by atoms with Gasteiger partial charge < -0.3 is 15.7 Å². The minimum absolute atomic E-state index is 0.0643. The van der Waals surface area contributed by atoms with Crippen LogP contribution in [0.25, 0.3) is 0 Å². The Kier molecular flexibility index (Phi) is 4.31. The fourth-order valence-electron chi connectivity index (χ4n) is 3.32. The van der Waals surface area contributed by atoms with Gasteiger partial charge in [0, 0.05) is 6.54 Å². The average Bonchev–Trinajstić information content (AvgIpc) is 2.61. The van der Waals surface area contributed by atoms with Gasteiger partial charge in [0.2, 0.25) is 0 Å². The van der Waals surface area contributed by atoms with Crippen LogP contribution in [0.3, 0.4) is 0 Å². The molecule has 4 heteroatoms. The molecule has 0 saturated heterocycles. The predicted molar refractivity (Wildman–Crippen MR) is 80.0 cm³/mol. The monoisotopic (exact) mass is 280 g/mol. The van der Waals surface area contributed by atoms with E-state index in [2.05, 4.69) is 20.8 Å². The van der Waals surface area contributed by atoms with Crippen LogP contribution in [0.2, 0.25) is 0 Å². The second-order valence-electron chi connectivity index (χ2n) is 7.45. The molecule has 0 bridgehead atoms. The van der Waals surface area contributed by atoms with Gasteiger partial charge in [0.05, 0.1) is 6.04 Å². The zero-order valence-corrected chi connectivity index (χ0v) is 13.0. The summed E-state index contributed by atoms with van der Waals surface area (Å²) in [4.78, 5) is 14.1. The number of nitrogens with zero attached hydrogens (tertiary/aromatic N) is 1. The van der Waals surface area contributed by atoms with E-state index in [1.54, 1.807) is 0 Å². The van der Waals surface area contributed by atoms with Crippen molar-refractivity contribution in [1.82, 2.24) is 4.90 Å². The molecule has 0 aromatic rings. The highest BCUT2D eigenvalue weighted by Crippen LogP contribution is 2.36. The number of rotatable bonds is 3. The minimum atomic E-state index is -0.178. The summed E-state index contributed by atoms with van der Waals surface area (Å²) in [5, 5.41) is 10.3. The van der Waals surface area contributed by atoms with Crippen molar-refractivity contribution in [3.8, 4) is 0 Å². The van der Waals surface area contributed by atoms with Crippen LogP contribution in [0.4, 0.5) is 0 Å². The third kappa shape index (κ3) is 3.10. The third-order valence-corrected chi connectivity index (χ3v) is 4.58. The number of aliphatic hydroxyl groups is 1. The van der Waals surface area contributed by atoms with Crippen molar-refractivity contribution in [3.63, 3.8) is 0 Å². The molecule has 1 heterocycles. The van der Waals surface area contributed by atoms with Crippen LogP contribution >= 0.6 is 0 Å². The summed E-state index contributed by atoms with van der Waals surface area (Å²) in [5.74, 6) is 0.312. The van der Waals surface area contributed by atoms with Crippen molar-refractivity contribution >= 4 is 5.91 Å². The predicted octanol–water partition coefficient (Wildman–Crippen LogP) is 2.94. The van der Waals surface area contributed by atoms with Crippen molar-refractivity contribution in [2.24, 2.45) is 17.1 Å². The van der Waals surface area contributed by atoms with E-state index < -0.39 is 0 Å². The van der Waals surface area contributed by atoms with Crippen LogP contribution in [0.15, 0.2) is 11.5 Å². The van der Waals surface area contributed by atoms with Crippen LogP contribution in [-0.4, -0.2) is 28.5 Å². The highest BCUT2D eigenvalue weighted by atomic mass is 16.3. The molecule has 2 rings (SSSR count). The molecular weight excluding hydrogens is 252 g/mol. The van der Waals surface area contributed by atoms with E-state index in [0.29, 0.717) is 12.5 Å². The Morgan fingerprint density at radius 2 is 1.85 bits per heavy atom. The fraction of sp³-hybridized carbons (Fsp3) is 0.812. The first kappa shape index (κ1) is 15.2. The number of hydrogen-bond acceptors (Lipinski definition) is 3. The van der Waals surface area contributed by atoms with Gasteiger partial charge in [-0.2, -0.15) is 0 Å². The maximum Gasteiger partial charge on any atom is 0.273 e. The first-order valence-corrected chi connectivity index (χ1v) is 7.81. The normalized spacial score (nSPS) is 25.6. The Morgan fingerprint density at radius 1 is 1.25 bits per heavy atom. The third-order valence-electron chi connectivity index (χ3n) is 4.58. The molecule has 0 aromatic heterocycles. The number of amides is 1. The van der Waals surface area contributed by atoms with E-state index in [-0.39, 0.29) is 28.8 Å². The van der Waals surface area contributed by atoms with Gasteiger partial charge in [0.1, 0.15) is 11.5 Å². The van der Waals surface area contributed by atoms with Crippen LogP contribution in [0.1, 0.15) is 59.3 Å². The largest absolute Gasteiger partial charge is 0.508 e. The maximum absolute atomic E-state index is 12.3. The highest BCUT2D eigenvalue weighted by Gasteiger charge is 2.42. The van der Waals surface area contributed by atoms with Crippen molar-refractivity contribution in [1.29, 1.82) is 0 Å². The summed E-state index contributed by atoms with van der Waals surface area (Å²) in [7, 11) is 0. The maximum atomic E-state index is 12.3. The lowest BCUT2D eigenvalue weighted by atomic mass is 9.82. The Balaban J connectivity index is 2.13. The molecule has 114 valence electrons. The van der Waals surface area contributed by atoms with E-state index in [1.165, 1.54) is 19.3 Å². The molecule has 1 amide bonds. The molecule has 1 aliphatic heterocycles. The zero-order chi connectivity index (χ0) is 14.9. The lowest BCUT2D eigenvalue weighted by Gasteiger charge is -2.35. The lowest BCUT2D eigenvalue weighted by molar-refractivity contribution is -0.128. The molecule has 3 N–H and O–H groups in total. The van der Waals surface area contributed by atoms with Gasteiger partial charge in [-0.1, -0.05) is 40.0 Å². The molecule has 1 aliphatic carbocycles. The molecule has 20 heavy (non-hydrogen) atoms. The standard InChI is InChI=1S/C16H28N2O2/c1-16(2,3)9-10-18-13(11-7-5-4-6-8-11)14(19)12(17)15(18)20/h11,13,19H,4-10,17H2,1-3H3. The molecule has 0 spiro atoms. The highest BCUT2D eigenvalue weighted by molar-refractivity contribution is 5.96. The molecule has 0 radical (unpaired) electrons. The van der Waals surface area contributed by atoms with Gasteiger partial charge in [-0.3, -0.25) is 4.79 Å². The molecule has 4 nitrogen and oxygen atoms in total. The second kappa shape index (κ2) is 5.66. The Morgan fingerprint density at radius 3 is 2.40 bits per heavy atom. The van der Waals surface area contributed by atoms with Gasteiger partial charge in [-0.25, -0.2) is 0 Å². The molecule has 1 saturated carbocycles. The number of nitrogens with two attached hydrogens (primary N) is 1. The number of aliphatic hydroxyl groups excluding tert-OH is 1. The van der Waals surface area contributed by atoms with E-state index in [4.69, 9.17) is 5.73 Å². The Bertz CT molecular complexity index is 403. The first-order chi connectivity index (χ1) is 9.31. The number of carbonyl (C=O) groups is 1. The summed E-state index contributed by atoms with van der Waals surface area (Å²) in [6, 6.07) is -0.176. The van der Waals surface area contributed by atoms with Crippen molar-refractivity contribution in [2.45, 2.75) is 65.3 Å². The van der Waals surface area contributed by atoms with Crippen molar-refractivity contribution in [2.75, 3.05) is 6.54 Å². The van der Waals surface area contributed by atoms with Crippen LogP contribution in [-0.2, 0) is 4.79 Å². The first-order valence-electron chi connectivity index (χ1n) is 7.81. The van der Waals surface area contributed by atoms with Crippen molar-refractivity contribution < 1.29 is 9.90 Å². The molecule has 1 atom stereocenters. The smallest absolute Gasteiger partial charge is 0.273 e. The van der Waals surface area contributed by atoms with Gasteiger partial charge in [-0.05, 0) is 30.6 Å². The Labute approximate surface area is 122 Å². The van der Waals surface area contributed by atoms with Crippen LogP contribution in [0, 0.1) is 11.3 Å². The van der Waals surface area contributed by atoms with Crippen molar-refractivity contribution in [3.05, 3.63) is 11.5 Å². The second-order valence-corrected chi connectivity index (χ2v) is 7.45. The molecule has 2 aliphatic rings. The molecular formula is C16H28N2O2. The summed E-state index contributed by atoms with van der Waals surface area (Å²) in [5.41, 5.74) is 6.02. The molecule has 1 fully saturated rings. The fourth-order valence-corrected chi connectivity index (χ4v) is 3.32. The lowest BCUT2D eigenvalue weighted by Crippen LogP contribution is -2.43. The van der Waals surface area contributed by atoms with E-state index in [0.717, 1.165) is 19.3 Å². The number of hydrogen-bond donors (Lipinski definition) is 2. The summed E-state index contributed by atoms with van der Waals surface area (Å²) >= 11 is 0. The van der Waals surface area contributed by atoms with E-state index >= 15 is 0 Å². The minimum Gasteiger partial charge on any atom is -0.508 e. The zero-order valence-electron chi connectivity index (χ0n) is 13.0. The average molecular weight is 280 g/mol. The van der Waals surface area contributed by atoms with Gasteiger partial charge >= 0.3 is 0 Å². The van der Waals surface area contributed by atoms with Gasteiger partial charge in [0.25, 0.3) is 5.91 Å². The van der Waals surface area contributed by atoms with E-state index in [1.807, 2.05) is 4.90 Å². The van der Waals surface area contributed by atoms with Gasteiger partial charge in [-0.15, -0.1) is 0 Å². The van der Waals surface area contributed by atoms with Crippen LogP contribution in [0.5, 0.6) is 0 Å². The summed E-state index contributed by atoms with van der Waals surface area (Å²) in [6.07, 6.45) is 6.73. The topological polar surface area (TPSA) is 66.6 Å². The Hall–Kier alpha value is -1.19.